The molecular formula is C10H9BrN4. The van der Waals surface area contributed by atoms with Crippen LogP contribution in [0.2, 0.25) is 0 Å². The molecule has 0 aliphatic heterocycles. The van der Waals surface area contributed by atoms with Gasteiger partial charge in [0, 0.05) is 17.6 Å². The van der Waals surface area contributed by atoms with Crippen LogP contribution in [-0.2, 0) is 0 Å². The van der Waals surface area contributed by atoms with E-state index in [1.807, 2.05) is 24.3 Å². The van der Waals surface area contributed by atoms with Gasteiger partial charge in [0.15, 0.2) is 0 Å². The third-order valence-corrected chi connectivity index (χ3v) is 2.40. The summed E-state index contributed by atoms with van der Waals surface area (Å²) in [5, 5.41) is 3.14. The predicted molar refractivity (Wildman–Crippen MR) is 63.9 cm³/mol. The number of nitrogen functional groups attached to an aromatic ring is 1. The molecule has 0 fully saturated rings. The van der Waals surface area contributed by atoms with E-state index in [0.717, 1.165) is 16.0 Å². The highest BCUT2D eigenvalue weighted by molar-refractivity contribution is 9.10. The molecule has 1 aromatic carbocycles. The molecule has 4 nitrogen and oxygen atoms in total. The summed E-state index contributed by atoms with van der Waals surface area (Å²) in [4.78, 5) is 7.97. The molecule has 0 aliphatic carbocycles. The Morgan fingerprint density at radius 1 is 1.33 bits per heavy atom. The molecule has 15 heavy (non-hydrogen) atoms. The van der Waals surface area contributed by atoms with Crippen molar-refractivity contribution in [2.75, 3.05) is 11.1 Å². The standard InChI is InChI=1S/C10H9BrN4/c11-9-5-13-6-14-10(9)15-8-3-1-2-7(12)4-8/h1-6H,12H2,(H,13,14,15). The maximum absolute atomic E-state index is 5.67. The topological polar surface area (TPSA) is 63.8 Å². The Morgan fingerprint density at radius 3 is 2.93 bits per heavy atom. The lowest BCUT2D eigenvalue weighted by Crippen LogP contribution is -1.95. The number of aromatic nitrogens is 2. The van der Waals surface area contributed by atoms with Gasteiger partial charge in [-0.25, -0.2) is 9.97 Å². The first kappa shape index (κ1) is 9.92. The van der Waals surface area contributed by atoms with Crippen molar-refractivity contribution in [2.45, 2.75) is 0 Å². The molecule has 0 atom stereocenters. The lowest BCUT2D eigenvalue weighted by Gasteiger charge is -2.06. The van der Waals surface area contributed by atoms with Crippen LogP contribution in [0.25, 0.3) is 0 Å². The summed E-state index contributed by atoms with van der Waals surface area (Å²) in [6.07, 6.45) is 3.17. The van der Waals surface area contributed by atoms with Gasteiger partial charge in [0.25, 0.3) is 0 Å². The highest BCUT2D eigenvalue weighted by Gasteiger charge is 2.00. The summed E-state index contributed by atoms with van der Waals surface area (Å²) in [7, 11) is 0. The van der Waals surface area contributed by atoms with Gasteiger partial charge >= 0.3 is 0 Å². The Balaban J connectivity index is 2.26. The molecule has 5 heteroatoms. The van der Waals surface area contributed by atoms with Crippen molar-refractivity contribution >= 4 is 33.1 Å². The molecule has 0 saturated carbocycles. The number of benzene rings is 1. The normalized spacial score (nSPS) is 9.93. The minimum atomic E-state index is 0.713. The fourth-order valence-electron chi connectivity index (χ4n) is 1.16. The van der Waals surface area contributed by atoms with Gasteiger partial charge < -0.3 is 11.1 Å². The van der Waals surface area contributed by atoms with Crippen LogP contribution in [0.4, 0.5) is 17.2 Å². The minimum absolute atomic E-state index is 0.713. The zero-order valence-corrected chi connectivity index (χ0v) is 9.40. The molecule has 0 aliphatic rings. The van der Waals surface area contributed by atoms with Crippen molar-refractivity contribution in [3.63, 3.8) is 0 Å². The third kappa shape index (κ3) is 2.44. The number of halogens is 1. The molecule has 1 aromatic heterocycles. The molecule has 0 radical (unpaired) electrons. The van der Waals surface area contributed by atoms with Crippen molar-refractivity contribution in [2.24, 2.45) is 0 Å². The van der Waals surface area contributed by atoms with E-state index in [0.29, 0.717) is 5.69 Å². The van der Waals surface area contributed by atoms with E-state index in [-0.39, 0.29) is 0 Å². The molecule has 0 amide bonds. The van der Waals surface area contributed by atoms with Crippen LogP contribution in [0.5, 0.6) is 0 Å². The van der Waals surface area contributed by atoms with Crippen molar-refractivity contribution < 1.29 is 0 Å². The highest BCUT2D eigenvalue weighted by atomic mass is 79.9. The smallest absolute Gasteiger partial charge is 0.148 e. The SMILES string of the molecule is Nc1cccc(Nc2ncncc2Br)c1. The van der Waals surface area contributed by atoms with Gasteiger partial charge in [0.05, 0.1) is 4.47 Å². The van der Waals surface area contributed by atoms with Crippen molar-refractivity contribution in [1.29, 1.82) is 0 Å². The molecule has 76 valence electrons. The maximum Gasteiger partial charge on any atom is 0.148 e. The Labute approximate surface area is 95.7 Å². The van der Waals surface area contributed by atoms with E-state index >= 15 is 0 Å². The lowest BCUT2D eigenvalue weighted by atomic mass is 10.3. The molecular weight excluding hydrogens is 256 g/mol. The summed E-state index contributed by atoms with van der Waals surface area (Å²) in [5.74, 6) is 0.718. The van der Waals surface area contributed by atoms with Crippen LogP contribution in [-0.4, -0.2) is 9.97 Å². The zero-order valence-electron chi connectivity index (χ0n) is 7.81. The lowest BCUT2D eigenvalue weighted by molar-refractivity contribution is 1.15. The molecule has 2 rings (SSSR count). The average molecular weight is 265 g/mol. The summed E-state index contributed by atoms with van der Waals surface area (Å²) in [6.45, 7) is 0. The van der Waals surface area contributed by atoms with Crippen LogP contribution < -0.4 is 11.1 Å². The number of nitrogens with one attached hydrogen (secondary N) is 1. The Hall–Kier alpha value is -1.62. The Bertz CT molecular complexity index is 472. The second kappa shape index (κ2) is 4.27. The van der Waals surface area contributed by atoms with Gasteiger partial charge in [-0.1, -0.05) is 6.07 Å². The predicted octanol–water partition coefficient (Wildman–Crippen LogP) is 2.56. The van der Waals surface area contributed by atoms with Crippen molar-refractivity contribution in [1.82, 2.24) is 9.97 Å². The fourth-order valence-corrected chi connectivity index (χ4v) is 1.48. The monoisotopic (exact) mass is 264 g/mol. The Morgan fingerprint density at radius 2 is 2.20 bits per heavy atom. The van der Waals surface area contributed by atoms with Gasteiger partial charge in [-0.05, 0) is 34.1 Å². The number of hydrogen-bond donors (Lipinski definition) is 2. The summed E-state index contributed by atoms with van der Waals surface area (Å²) >= 11 is 3.35. The molecule has 3 N–H and O–H groups in total. The first-order chi connectivity index (χ1) is 7.25. The van der Waals surface area contributed by atoms with Crippen LogP contribution in [0.15, 0.2) is 41.3 Å². The van der Waals surface area contributed by atoms with E-state index in [2.05, 4.69) is 31.2 Å². The molecule has 0 spiro atoms. The van der Waals surface area contributed by atoms with E-state index < -0.39 is 0 Å². The van der Waals surface area contributed by atoms with E-state index in [9.17, 15) is 0 Å². The second-order valence-corrected chi connectivity index (χ2v) is 3.82. The second-order valence-electron chi connectivity index (χ2n) is 2.97. The van der Waals surface area contributed by atoms with Gasteiger partial charge in [-0.15, -0.1) is 0 Å². The molecule has 0 saturated heterocycles. The van der Waals surface area contributed by atoms with Gasteiger partial charge in [0.2, 0.25) is 0 Å². The first-order valence-electron chi connectivity index (χ1n) is 4.34. The minimum Gasteiger partial charge on any atom is -0.399 e. The highest BCUT2D eigenvalue weighted by Crippen LogP contribution is 2.22. The number of anilines is 3. The quantitative estimate of drug-likeness (QED) is 0.819. The number of hydrogen-bond acceptors (Lipinski definition) is 4. The summed E-state index contributed by atoms with van der Waals surface area (Å²) in [5.41, 5.74) is 7.28. The largest absolute Gasteiger partial charge is 0.399 e. The summed E-state index contributed by atoms with van der Waals surface area (Å²) < 4.78 is 0.812. The maximum atomic E-state index is 5.67. The average Bonchev–Trinajstić information content (AvgIpc) is 2.22. The van der Waals surface area contributed by atoms with Gasteiger partial charge in [-0.2, -0.15) is 0 Å². The van der Waals surface area contributed by atoms with E-state index in [1.54, 1.807) is 6.20 Å². The van der Waals surface area contributed by atoms with Gasteiger partial charge in [0.1, 0.15) is 12.1 Å². The van der Waals surface area contributed by atoms with E-state index in [4.69, 9.17) is 5.73 Å². The van der Waals surface area contributed by atoms with Crippen LogP contribution in [0.3, 0.4) is 0 Å². The van der Waals surface area contributed by atoms with Crippen molar-refractivity contribution in [3.05, 3.63) is 41.3 Å². The molecule has 0 bridgehead atoms. The Kier molecular flexibility index (Phi) is 2.82. The molecule has 0 unspecified atom stereocenters. The summed E-state index contributed by atoms with van der Waals surface area (Å²) in [6, 6.07) is 7.48. The molecule has 2 aromatic rings. The van der Waals surface area contributed by atoms with Crippen LogP contribution in [0, 0.1) is 0 Å². The zero-order chi connectivity index (χ0) is 10.7. The van der Waals surface area contributed by atoms with Crippen molar-refractivity contribution in [3.8, 4) is 0 Å². The fraction of sp³-hybridized carbons (Fsp3) is 0. The third-order valence-electron chi connectivity index (χ3n) is 1.82. The van der Waals surface area contributed by atoms with Crippen LogP contribution in [0.1, 0.15) is 0 Å². The van der Waals surface area contributed by atoms with E-state index in [1.165, 1.54) is 6.33 Å². The number of nitrogens with zero attached hydrogens (tertiary/aromatic N) is 2. The number of nitrogens with two attached hydrogens (primary N) is 1. The number of rotatable bonds is 2. The first-order valence-corrected chi connectivity index (χ1v) is 5.13. The molecule has 1 heterocycles. The van der Waals surface area contributed by atoms with Gasteiger partial charge in [-0.3, -0.25) is 0 Å². The van der Waals surface area contributed by atoms with Crippen LogP contribution >= 0.6 is 15.9 Å².